The first-order valence-corrected chi connectivity index (χ1v) is 6.12. The molecule has 0 fully saturated rings. The first-order chi connectivity index (χ1) is 7.58. The van der Waals surface area contributed by atoms with Crippen LogP contribution in [-0.2, 0) is 0 Å². The van der Waals surface area contributed by atoms with Crippen molar-refractivity contribution in [2.24, 2.45) is 5.84 Å². The Hall–Kier alpha value is -0.560. The summed E-state index contributed by atoms with van der Waals surface area (Å²) in [5.41, 5.74) is 3.10. The first-order valence-electron chi connectivity index (χ1n) is 6.12. The molecule has 1 unspecified atom stereocenters. The van der Waals surface area contributed by atoms with Crippen LogP contribution in [0, 0.1) is 11.8 Å². The maximum Gasteiger partial charge on any atom is 0.0403 e. The molecular weight excluding hydrogens is 198 g/mol. The predicted molar refractivity (Wildman–Crippen MR) is 70.8 cm³/mol. The third kappa shape index (κ3) is 3.48. The monoisotopic (exact) mass is 225 g/mol. The number of nitrogens with zero attached hydrogens (tertiary/aromatic N) is 1. The quantitative estimate of drug-likeness (QED) is 0.394. The highest BCUT2D eigenvalue weighted by Gasteiger charge is 2.36. The summed E-state index contributed by atoms with van der Waals surface area (Å²) in [7, 11) is 4.26. The summed E-state index contributed by atoms with van der Waals surface area (Å²) in [4.78, 5) is 2.29. The maximum absolute atomic E-state index is 5.71. The summed E-state index contributed by atoms with van der Waals surface area (Å²) in [5.74, 6) is 11.7. The molecule has 0 aromatic heterocycles. The van der Waals surface area contributed by atoms with Crippen molar-refractivity contribution in [1.29, 1.82) is 0 Å². The number of likely N-dealkylation sites (N-methyl/N-ethyl adjacent to an activating group) is 1. The zero-order chi connectivity index (χ0) is 12.6. The van der Waals surface area contributed by atoms with Crippen LogP contribution in [0.1, 0.15) is 46.5 Å². The van der Waals surface area contributed by atoms with E-state index in [1.54, 1.807) is 0 Å². The molecule has 3 N–H and O–H groups in total. The lowest BCUT2D eigenvalue weighted by molar-refractivity contribution is 0.0848. The second-order valence-corrected chi connectivity index (χ2v) is 4.39. The van der Waals surface area contributed by atoms with Crippen LogP contribution in [0.3, 0.4) is 0 Å². The van der Waals surface area contributed by atoms with E-state index in [2.05, 4.69) is 50.1 Å². The van der Waals surface area contributed by atoms with Crippen molar-refractivity contribution < 1.29 is 0 Å². The molecule has 16 heavy (non-hydrogen) atoms. The van der Waals surface area contributed by atoms with Gasteiger partial charge in [-0.3, -0.25) is 11.3 Å². The van der Waals surface area contributed by atoms with Crippen LogP contribution in [0.25, 0.3) is 0 Å². The minimum absolute atomic E-state index is 0.129. The minimum Gasteiger partial charge on any atom is -0.302 e. The summed E-state index contributed by atoms with van der Waals surface area (Å²) < 4.78 is 0. The molecule has 0 aromatic carbocycles. The van der Waals surface area contributed by atoms with Gasteiger partial charge in [-0.2, -0.15) is 0 Å². The number of hydrogen-bond donors (Lipinski definition) is 2. The summed E-state index contributed by atoms with van der Waals surface area (Å²) in [6, 6.07) is 0.290. The van der Waals surface area contributed by atoms with Gasteiger partial charge < -0.3 is 4.90 Å². The van der Waals surface area contributed by atoms with Crippen LogP contribution in [0.15, 0.2) is 0 Å². The Bertz CT molecular complexity index is 233. The molecule has 1 atom stereocenters. The van der Waals surface area contributed by atoms with Crippen LogP contribution in [0.4, 0.5) is 0 Å². The van der Waals surface area contributed by atoms with E-state index < -0.39 is 0 Å². The van der Waals surface area contributed by atoms with E-state index in [9.17, 15) is 0 Å². The highest BCUT2D eigenvalue weighted by Crippen LogP contribution is 2.27. The second-order valence-electron chi connectivity index (χ2n) is 4.39. The van der Waals surface area contributed by atoms with Gasteiger partial charge in [0, 0.05) is 18.0 Å². The topological polar surface area (TPSA) is 41.3 Å². The second kappa shape index (κ2) is 7.67. The van der Waals surface area contributed by atoms with Crippen molar-refractivity contribution in [2.75, 3.05) is 14.1 Å². The highest BCUT2D eigenvalue weighted by molar-refractivity contribution is 5.01. The van der Waals surface area contributed by atoms with Crippen molar-refractivity contribution in [3.8, 4) is 11.8 Å². The first kappa shape index (κ1) is 15.4. The van der Waals surface area contributed by atoms with Crippen LogP contribution < -0.4 is 11.3 Å². The average Bonchev–Trinajstić information content (AvgIpc) is 2.28. The lowest BCUT2D eigenvalue weighted by Gasteiger charge is -2.44. The molecule has 0 rings (SSSR count). The van der Waals surface area contributed by atoms with Gasteiger partial charge >= 0.3 is 0 Å². The third-order valence-corrected chi connectivity index (χ3v) is 3.70. The largest absolute Gasteiger partial charge is 0.302 e. The van der Waals surface area contributed by atoms with Crippen molar-refractivity contribution in [2.45, 2.75) is 58.0 Å². The Morgan fingerprint density at radius 2 is 1.88 bits per heavy atom. The fourth-order valence-electron chi connectivity index (χ4n) is 2.54. The van der Waals surface area contributed by atoms with Crippen LogP contribution >= 0.6 is 0 Å². The molecule has 0 bridgehead atoms. The lowest BCUT2D eigenvalue weighted by Crippen LogP contribution is -2.60. The zero-order valence-corrected chi connectivity index (χ0v) is 11.4. The van der Waals surface area contributed by atoms with Gasteiger partial charge in [0.15, 0.2) is 0 Å². The molecule has 0 heterocycles. The molecule has 3 heteroatoms. The van der Waals surface area contributed by atoms with E-state index in [0.717, 1.165) is 25.7 Å². The van der Waals surface area contributed by atoms with Gasteiger partial charge in [0.25, 0.3) is 0 Å². The van der Waals surface area contributed by atoms with E-state index >= 15 is 0 Å². The summed E-state index contributed by atoms with van der Waals surface area (Å²) >= 11 is 0. The van der Waals surface area contributed by atoms with E-state index in [1.807, 2.05) is 6.92 Å². The zero-order valence-electron chi connectivity index (χ0n) is 11.4. The van der Waals surface area contributed by atoms with Crippen LogP contribution in [0.5, 0.6) is 0 Å². The van der Waals surface area contributed by atoms with E-state index in [4.69, 9.17) is 5.84 Å². The standard InChI is InChI=1S/C13H27N3/c1-6-9-10-11-12(15-14)13(7-2,8-3)16(4)5/h12,15H,7-8,10-11,14H2,1-5H3. The summed E-state index contributed by atoms with van der Waals surface area (Å²) in [6.45, 7) is 6.32. The minimum atomic E-state index is 0.129. The smallest absolute Gasteiger partial charge is 0.0403 e. The molecular formula is C13H27N3. The summed E-state index contributed by atoms with van der Waals surface area (Å²) in [6.07, 6.45) is 4.08. The number of hydrazine groups is 1. The van der Waals surface area contributed by atoms with Gasteiger partial charge in [-0.1, -0.05) is 13.8 Å². The SMILES string of the molecule is CC#CCCC(NN)C(CC)(CC)N(C)C. The molecule has 0 amide bonds. The fraction of sp³-hybridized carbons (Fsp3) is 0.846. The number of nitrogens with one attached hydrogen (secondary N) is 1. The highest BCUT2D eigenvalue weighted by atomic mass is 15.3. The molecule has 0 radical (unpaired) electrons. The molecule has 0 saturated carbocycles. The lowest BCUT2D eigenvalue weighted by atomic mass is 9.81. The average molecular weight is 225 g/mol. The van der Waals surface area contributed by atoms with Crippen LogP contribution in [-0.4, -0.2) is 30.6 Å². The number of rotatable bonds is 7. The maximum atomic E-state index is 5.71. The molecule has 0 aromatic rings. The van der Waals surface area contributed by atoms with Crippen molar-refractivity contribution in [3.05, 3.63) is 0 Å². The Morgan fingerprint density at radius 1 is 1.31 bits per heavy atom. The molecule has 0 aliphatic rings. The van der Waals surface area contributed by atoms with Gasteiger partial charge in [0.05, 0.1) is 0 Å². The van der Waals surface area contributed by atoms with Gasteiger partial charge in [-0.15, -0.1) is 11.8 Å². The number of hydrogen-bond acceptors (Lipinski definition) is 3. The van der Waals surface area contributed by atoms with Crippen molar-refractivity contribution in [3.63, 3.8) is 0 Å². The third-order valence-electron chi connectivity index (χ3n) is 3.70. The van der Waals surface area contributed by atoms with E-state index in [0.29, 0.717) is 6.04 Å². The van der Waals surface area contributed by atoms with Gasteiger partial charge in [-0.25, -0.2) is 0 Å². The van der Waals surface area contributed by atoms with Gasteiger partial charge in [-0.05, 0) is 40.3 Å². The normalized spacial score (nSPS) is 13.4. The Balaban J connectivity index is 4.74. The number of nitrogens with two attached hydrogens (primary N) is 1. The van der Waals surface area contributed by atoms with Gasteiger partial charge in [0.1, 0.15) is 0 Å². The molecule has 94 valence electrons. The molecule has 0 aliphatic heterocycles. The van der Waals surface area contributed by atoms with E-state index in [-0.39, 0.29) is 5.54 Å². The molecule has 0 aliphatic carbocycles. The van der Waals surface area contributed by atoms with Crippen molar-refractivity contribution >= 4 is 0 Å². The van der Waals surface area contributed by atoms with Gasteiger partial charge in [0.2, 0.25) is 0 Å². The molecule has 0 saturated heterocycles. The van der Waals surface area contributed by atoms with Crippen LogP contribution in [0.2, 0.25) is 0 Å². The fourth-order valence-corrected chi connectivity index (χ4v) is 2.54. The van der Waals surface area contributed by atoms with Crippen molar-refractivity contribution in [1.82, 2.24) is 10.3 Å². The Kier molecular flexibility index (Phi) is 7.40. The molecule has 3 nitrogen and oxygen atoms in total. The Labute approximate surface area is 101 Å². The predicted octanol–water partition coefficient (Wildman–Crippen LogP) is 1.74. The summed E-state index contributed by atoms with van der Waals surface area (Å²) in [5, 5.41) is 0. The van der Waals surface area contributed by atoms with E-state index in [1.165, 1.54) is 0 Å². The Morgan fingerprint density at radius 3 is 2.19 bits per heavy atom. The molecule has 0 spiro atoms.